The summed E-state index contributed by atoms with van der Waals surface area (Å²) in [7, 11) is 0. The Morgan fingerprint density at radius 1 is 1.46 bits per heavy atom. The molecule has 0 spiro atoms. The lowest BCUT2D eigenvalue weighted by Gasteiger charge is -2.12. The van der Waals surface area contributed by atoms with Crippen LogP contribution < -0.4 is 5.32 Å². The Labute approximate surface area is 75.7 Å². The van der Waals surface area contributed by atoms with Gasteiger partial charge in [-0.1, -0.05) is 0 Å². The summed E-state index contributed by atoms with van der Waals surface area (Å²) in [6.45, 7) is 0. The lowest BCUT2D eigenvalue weighted by atomic mass is 10.3. The van der Waals surface area contributed by atoms with Crippen LogP contribution in [0.5, 0.6) is 0 Å². The van der Waals surface area contributed by atoms with Crippen molar-refractivity contribution in [3.05, 3.63) is 0 Å². The third-order valence-electron chi connectivity index (χ3n) is 1.02. The summed E-state index contributed by atoms with van der Waals surface area (Å²) in [6, 6.07) is -1.73. The Bertz CT molecular complexity index is 218. The van der Waals surface area contributed by atoms with Crippen LogP contribution in [-0.2, 0) is 9.59 Å². The third kappa shape index (κ3) is 3.97. The van der Waals surface area contributed by atoms with Gasteiger partial charge >= 0.3 is 18.1 Å². The molecule has 0 aliphatic rings. The lowest BCUT2D eigenvalue weighted by Crippen LogP contribution is -2.47. The predicted molar refractivity (Wildman–Crippen MR) is 36.3 cm³/mol. The van der Waals surface area contributed by atoms with Crippen molar-refractivity contribution >= 4 is 23.5 Å². The molecule has 0 rings (SSSR count). The molecule has 8 heteroatoms. The van der Waals surface area contributed by atoms with E-state index in [1.165, 1.54) is 5.32 Å². The van der Waals surface area contributed by atoms with Gasteiger partial charge in [-0.2, -0.15) is 13.2 Å². The Kier molecular flexibility index (Phi) is 3.99. The molecule has 0 fully saturated rings. The van der Waals surface area contributed by atoms with Crippen LogP contribution in [-0.4, -0.2) is 35.1 Å². The molecule has 0 bridgehead atoms. The van der Waals surface area contributed by atoms with Gasteiger partial charge in [-0.25, -0.2) is 4.79 Å². The Balaban J connectivity index is 4.26. The van der Waals surface area contributed by atoms with Crippen LogP contribution in [0.3, 0.4) is 0 Å². The van der Waals surface area contributed by atoms with E-state index in [0.29, 0.717) is 0 Å². The molecule has 0 saturated heterocycles. The maximum atomic E-state index is 11.6. The number of hydrogen-bond donors (Lipinski definition) is 2. The number of carbonyl (C=O) groups excluding carboxylic acids is 1. The lowest BCUT2D eigenvalue weighted by molar-refractivity contribution is -0.175. The van der Waals surface area contributed by atoms with Gasteiger partial charge in [0.05, 0.1) is 5.88 Å². The zero-order valence-corrected chi connectivity index (χ0v) is 6.82. The molecule has 1 atom stereocenters. The number of carboxylic acid groups (broad SMARTS) is 1. The summed E-state index contributed by atoms with van der Waals surface area (Å²) >= 11 is 4.99. The molecule has 13 heavy (non-hydrogen) atoms. The molecule has 1 amide bonds. The van der Waals surface area contributed by atoms with Gasteiger partial charge in [0.1, 0.15) is 6.04 Å². The molecule has 0 unspecified atom stereocenters. The monoisotopic (exact) mass is 219 g/mol. The van der Waals surface area contributed by atoms with Gasteiger partial charge in [0.25, 0.3) is 0 Å². The van der Waals surface area contributed by atoms with E-state index >= 15 is 0 Å². The van der Waals surface area contributed by atoms with Crippen molar-refractivity contribution in [2.75, 3.05) is 5.88 Å². The zero-order chi connectivity index (χ0) is 10.6. The fraction of sp³-hybridized carbons (Fsp3) is 0.600. The van der Waals surface area contributed by atoms with Crippen molar-refractivity contribution in [2.45, 2.75) is 12.2 Å². The summed E-state index contributed by atoms with van der Waals surface area (Å²) in [6.07, 6.45) is -5.10. The van der Waals surface area contributed by atoms with Gasteiger partial charge in [0, 0.05) is 0 Å². The molecule has 2 N–H and O–H groups in total. The van der Waals surface area contributed by atoms with Crippen molar-refractivity contribution in [1.29, 1.82) is 0 Å². The van der Waals surface area contributed by atoms with Crippen LogP contribution in [0.25, 0.3) is 0 Å². The zero-order valence-electron chi connectivity index (χ0n) is 6.06. The van der Waals surface area contributed by atoms with E-state index in [1.807, 2.05) is 0 Å². The maximum Gasteiger partial charge on any atom is 0.471 e. The number of halogens is 4. The first-order valence-corrected chi connectivity index (χ1v) is 3.49. The summed E-state index contributed by atoms with van der Waals surface area (Å²) in [5.74, 6) is -4.56. The highest BCUT2D eigenvalue weighted by Gasteiger charge is 2.40. The quantitative estimate of drug-likeness (QED) is 0.674. The van der Waals surface area contributed by atoms with E-state index < -0.39 is 30.0 Å². The molecule has 0 saturated carbocycles. The number of amides is 1. The molecule has 76 valence electrons. The number of rotatable bonds is 3. The number of carboxylic acids is 1. The van der Waals surface area contributed by atoms with Crippen molar-refractivity contribution in [1.82, 2.24) is 5.32 Å². The largest absolute Gasteiger partial charge is 0.480 e. The molecule has 0 aromatic heterocycles. The summed E-state index contributed by atoms with van der Waals surface area (Å²) in [4.78, 5) is 20.3. The Morgan fingerprint density at radius 2 is 1.92 bits per heavy atom. The van der Waals surface area contributed by atoms with Crippen LogP contribution in [0.1, 0.15) is 0 Å². The van der Waals surface area contributed by atoms with E-state index in [1.54, 1.807) is 0 Å². The average Bonchev–Trinajstić information content (AvgIpc) is 1.96. The summed E-state index contributed by atoms with van der Waals surface area (Å²) < 4.78 is 34.7. The molecule has 0 aliphatic heterocycles. The predicted octanol–water partition coefficient (Wildman–Crippen LogP) is 0.357. The minimum absolute atomic E-state index is 0.628. The first kappa shape index (κ1) is 12.0. The van der Waals surface area contributed by atoms with Crippen LogP contribution in [0.2, 0.25) is 0 Å². The van der Waals surface area contributed by atoms with E-state index in [-0.39, 0.29) is 0 Å². The molecule has 0 heterocycles. The number of aliphatic carboxylic acids is 1. The molecule has 0 aromatic rings. The van der Waals surface area contributed by atoms with E-state index in [0.717, 1.165) is 0 Å². The second-order valence-electron chi connectivity index (χ2n) is 2.02. The van der Waals surface area contributed by atoms with Gasteiger partial charge < -0.3 is 10.4 Å². The van der Waals surface area contributed by atoms with Crippen LogP contribution >= 0.6 is 11.6 Å². The van der Waals surface area contributed by atoms with E-state index in [4.69, 9.17) is 16.7 Å². The highest BCUT2D eigenvalue weighted by atomic mass is 35.5. The van der Waals surface area contributed by atoms with Crippen molar-refractivity contribution < 1.29 is 27.9 Å². The smallest absolute Gasteiger partial charge is 0.471 e. The molecule has 4 nitrogen and oxygen atoms in total. The molecular formula is C5H5ClF3NO3. The summed E-state index contributed by atoms with van der Waals surface area (Å²) in [5, 5.41) is 9.43. The standard InChI is InChI=1S/C5H5ClF3NO3/c6-1-2(3(11)12)10-4(13)5(7,8)9/h2H,1H2,(H,10,13)(H,11,12)/t2-/m1/s1. The number of alkyl halides is 4. The molecule has 0 aliphatic carbocycles. The van der Waals surface area contributed by atoms with Crippen LogP contribution in [0.15, 0.2) is 0 Å². The average molecular weight is 220 g/mol. The molecular weight excluding hydrogens is 215 g/mol. The van der Waals surface area contributed by atoms with Gasteiger partial charge in [0.15, 0.2) is 0 Å². The van der Waals surface area contributed by atoms with Gasteiger partial charge in [-0.05, 0) is 0 Å². The highest BCUT2D eigenvalue weighted by molar-refractivity contribution is 6.19. The van der Waals surface area contributed by atoms with Gasteiger partial charge in [-0.3, -0.25) is 4.79 Å². The fourth-order valence-corrected chi connectivity index (χ4v) is 0.616. The van der Waals surface area contributed by atoms with Crippen LogP contribution in [0, 0.1) is 0 Å². The SMILES string of the molecule is O=C(O)[C@@H](CCl)NC(=O)C(F)(F)F. The first-order valence-electron chi connectivity index (χ1n) is 2.95. The van der Waals surface area contributed by atoms with Crippen molar-refractivity contribution in [3.63, 3.8) is 0 Å². The number of carbonyl (C=O) groups is 2. The second kappa shape index (κ2) is 4.31. The summed E-state index contributed by atoms with van der Waals surface area (Å²) in [5.41, 5.74) is 0. The first-order chi connectivity index (χ1) is 5.79. The fourth-order valence-electron chi connectivity index (χ4n) is 0.406. The van der Waals surface area contributed by atoms with Crippen molar-refractivity contribution in [3.8, 4) is 0 Å². The number of hydrogen-bond acceptors (Lipinski definition) is 2. The van der Waals surface area contributed by atoms with E-state index in [2.05, 4.69) is 0 Å². The minimum atomic E-state index is -5.10. The van der Waals surface area contributed by atoms with Gasteiger partial charge in [-0.15, -0.1) is 11.6 Å². The van der Waals surface area contributed by atoms with Gasteiger partial charge in [0.2, 0.25) is 0 Å². The normalized spacial score (nSPS) is 13.5. The van der Waals surface area contributed by atoms with Crippen molar-refractivity contribution in [2.24, 2.45) is 0 Å². The van der Waals surface area contributed by atoms with Crippen LogP contribution in [0.4, 0.5) is 13.2 Å². The second-order valence-corrected chi connectivity index (χ2v) is 2.32. The Hall–Kier alpha value is -0.980. The topological polar surface area (TPSA) is 66.4 Å². The minimum Gasteiger partial charge on any atom is -0.480 e. The van der Waals surface area contributed by atoms with E-state index in [9.17, 15) is 22.8 Å². The highest BCUT2D eigenvalue weighted by Crippen LogP contribution is 2.14. The molecule has 0 aromatic carbocycles. The number of nitrogens with one attached hydrogen (secondary N) is 1. The maximum absolute atomic E-state index is 11.6. The molecule has 0 radical (unpaired) electrons. The Morgan fingerprint density at radius 3 is 2.15 bits per heavy atom. The third-order valence-corrected chi connectivity index (χ3v) is 1.32.